The lowest BCUT2D eigenvalue weighted by molar-refractivity contribution is -0.400. The Morgan fingerprint density at radius 1 is 0.846 bits per heavy atom. The lowest BCUT2D eigenvalue weighted by atomic mass is 9.99. The number of nitrogens with zero attached hydrogens (tertiary/aromatic N) is 2. The number of halogens is 9. The third-order valence-electron chi connectivity index (χ3n) is 3.34. The van der Waals surface area contributed by atoms with Gasteiger partial charge in [-0.2, -0.15) is 44.6 Å². The van der Waals surface area contributed by atoms with Gasteiger partial charge in [0.05, 0.1) is 0 Å². The quantitative estimate of drug-likeness (QED) is 0.548. The molecule has 2 aromatic rings. The van der Waals surface area contributed by atoms with Gasteiger partial charge in [0.1, 0.15) is 11.4 Å². The summed E-state index contributed by atoms with van der Waals surface area (Å²) in [6.07, 6.45) is -6.98. The van der Waals surface area contributed by atoms with Gasteiger partial charge in [-0.1, -0.05) is 30.3 Å². The zero-order valence-corrected chi connectivity index (χ0v) is 12.1. The number of alkyl halides is 9. The molecule has 4 nitrogen and oxygen atoms in total. The number of H-pyrrole nitrogens is 1. The smallest absolute Gasteiger partial charge is 0.273 e. The lowest BCUT2D eigenvalue weighted by Gasteiger charge is -2.33. The predicted octanol–water partition coefficient (Wildman–Crippen LogP) is 5.40. The molecule has 0 saturated carbocycles. The fourth-order valence-corrected chi connectivity index (χ4v) is 1.97. The minimum absolute atomic E-state index is 0.0914. The van der Waals surface area contributed by atoms with Gasteiger partial charge in [-0.25, -0.2) is 0 Å². The van der Waals surface area contributed by atoms with Crippen molar-refractivity contribution in [2.45, 2.75) is 23.9 Å². The van der Waals surface area contributed by atoms with E-state index >= 15 is 0 Å². The summed E-state index contributed by atoms with van der Waals surface area (Å²) in [5.41, 5.74) is -4.59. The van der Waals surface area contributed by atoms with E-state index in [1.807, 2.05) is 5.18 Å². The maximum atomic E-state index is 13.9. The second kappa shape index (κ2) is 5.99. The van der Waals surface area contributed by atoms with Crippen molar-refractivity contribution in [3.63, 3.8) is 0 Å². The van der Waals surface area contributed by atoms with Crippen molar-refractivity contribution in [3.05, 3.63) is 40.9 Å². The molecule has 0 amide bonds. The molecule has 1 aromatic heterocycles. The summed E-state index contributed by atoms with van der Waals surface area (Å²) in [4.78, 5) is 10.8. The zero-order chi connectivity index (χ0) is 20.0. The van der Waals surface area contributed by atoms with E-state index in [9.17, 15) is 44.4 Å². The van der Waals surface area contributed by atoms with Crippen LogP contribution in [0.1, 0.15) is 5.69 Å². The minimum atomic E-state index is -7.10. The van der Waals surface area contributed by atoms with Gasteiger partial charge >= 0.3 is 23.9 Å². The fraction of sp³-hybridized carbons (Fsp3) is 0.308. The highest BCUT2D eigenvalue weighted by Gasteiger charge is 2.82. The van der Waals surface area contributed by atoms with Crippen LogP contribution in [0.2, 0.25) is 0 Å². The molecule has 0 saturated heterocycles. The van der Waals surface area contributed by atoms with E-state index in [0.717, 1.165) is 0 Å². The summed E-state index contributed by atoms with van der Waals surface area (Å²) in [5, 5.41) is 6.39. The molecule has 1 heterocycles. The molecular weight excluding hydrogens is 385 g/mol. The average Bonchev–Trinajstić information content (AvgIpc) is 2.98. The minimum Gasteiger partial charge on any atom is -0.273 e. The van der Waals surface area contributed by atoms with Gasteiger partial charge in [-0.3, -0.25) is 5.10 Å². The molecule has 1 N–H and O–H groups in total. The van der Waals surface area contributed by atoms with Crippen LogP contribution in [0.4, 0.5) is 45.2 Å². The number of hydrogen-bond acceptors (Lipinski definition) is 3. The Labute approximate surface area is 138 Å². The summed E-state index contributed by atoms with van der Waals surface area (Å²) in [6, 6.07) is 6.51. The molecule has 142 valence electrons. The zero-order valence-electron chi connectivity index (χ0n) is 12.1. The molecule has 0 radical (unpaired) electrons. The van der Waals surface area contributed by atoms with Crippen molar-refractivity contribution in [2.24, 2.45) is 5.18 Å². The monoisotopic (exact) mass is 391 g/mol. The van der Waals surface area contributed by atoms with Crippen LogP contribution in [0.15, 0.2) is 35.5 Å². The fourth-order valence-electron chi connectivity index (χ4n) is 1.97. The van der Waals surface area contributed by atoms with Gasteiger partial charge in [0.2, 0.25) is 0 Å². The van der Waals surface area contributed by atoms with Crippen LogP contribution in [0.3, 0.4) is 0 Å². The molecular formula is C13H6F9N3O. The highest BCUT2D eigenvalue weighted by Crippen LogP contribution is 2.58. The molecule has 0 aliphatic rings. The molecule has 1 aromatic carbocycles. The topological polar surface area (TPSA) is 58.1 Å². The number of rotatable bonds is 5. The Morgan fingerprint density at radius 3 is 1.85 bits per heavy atom. The second-order valence-corrected chi connectivity index (χ2v) is 4.97. The Kier molecular flexibility index (Phi) is 4.54. The van der Waals surface area contributed by atoms with Crippen LogP contribution in [-0.2, 0) is 5.92 Å². The van der Waals surface area contributed by atoms with E-state index in [1.165, 1.54) is 35.4 Å². The number of benzene rings is 1. The number of nitrogens with one attached hydrogen (secondary N) is 1. The van der Waals surface area contributed by atoms with Crippen LogP contribution in [-0.4, -0.2) is 28.2 Å². The second-order valence-electron chi connectivity index (χ2n) is 4.97. The number of aromatic amines is 1. The molecule has 0 unspecified atom stereocenters. The predicted molar refractivity (Wildman–Crippen MR) is 69.3 cm³/mol. The van der Waals surface area contributed by atoms with Crippen LogP contribution in [0.25, 0.3) is 11.3 Å². The van der Waals surface area contributed by atoms with E-state index in [2.05, 4.69) is 5.10 Å². The van der Waals surface area contributed by atoms with Gasteiger partial charge in [-0.05, 0) is 5.18 Å². The average molecular weight is 391 g/mol. The maximum Gasteiger partial charge on any atom is 0.460 e. The van der Waals surface area contributed by atoms with Crippen LogP contribution < -0.4 is 0 Å². The Hall–Kier alpha value is -2.60. The van der Waals surface area contributed by atoms with Crippen LogP contribution in [0.5, 0.6) is 0 Å². The van der Waals surface area contributed by atoms with Crippen molar-refractivity contribution in [1.82, 2.24) is 10.2 Å². The standard InChI is InChI=1S/C13H6F9N3O/c14-10(15,11(16,17)12(18,19)13(20,21)22)9-8(25-26)7(23-24-9)6-4-2-1-3-5-6/h1-5H,(H,23,24). The third-order valence-corrected chi connectivity index (χ3v) is 3.34. The summed E-state index contributed by atoms with van der Waals surface area (Å²) in [7, 11) is 0. The van der Waals surface area contributed by atoms with Crippen LogP contribution >= 0.6 is 0 Å². The number of nitroso groups, excluding NO2 is 1. The summed E-state index contributed by atoms with van der Waals surface area (Å²) >= 11 is 0. The first-order valence-corrected chi connectivity index (χ1v) is 6.46. The Balaban J connectivity index is 2.64. The Bertz CT molecular complexity index is 799. The van der Waals surface area contributed by atoms with Crippen molar-refractivity contribution < 1.29 is 39.5 Å². The molecule has 0 aliphatic carbocycles. The first-order valence-electron chi connectivity index (χ1n) is 6.46. The summed E-state index contributed by atoms with van der Waals surface area (Å²) < 4.78 is 117. The van der Waals surface area contributed by atoms with E-state index in [4.69, 9.17) is 0 Å². The first kappa shape index (κ1) is 19.7. The van der Waals surface area contributed by atoms with Crippen molar-refractivity contribution >= 4 is 5.69 Å². The van der Waals surface area contributed by atoms with Crippen molar-refractivity contribution in [2.75, 3.05) is 0 Å². The third kappa shape index (κ3) is 2.70. The Morgan fingerprint density at radius 2 is 1.38 bits per heavy atom. The van der Waals surface area contributed by atoms with Crippen molar-refractivity contribution in [1.29, 1.82) is 0 Å². The van der Waals surface area contributed by atoms with E-state index in [1.54, 1.807) is 0 Å². The number of hydrogen-bond donors (Lipinski definition) is 1. The van der Waals surface area contributed by atoms with Gasteiger partial charge in [0.25, 0.3) is 0 Å². The molecule has 0 atom stereocenters. The highest BCUT2D eigenvalue weighted by molar-refractivity contribution is 5.74. The SMILES string of the molecule is O=Nc1c(-c2ccccc2)n[nH]c1C(F)(F)C(F)(F)C(F)(F)C(F)(F)F. The molecule has 13 heteroatoms. The van der Waals surface area contributed by atoms with Crippen molar-refractivity contribution in [3.8, 4) is 11.3 Å². The van der Waals surface area contributed by atoms with Gasteiger partial charge < -0.3 is 0 Å². The van der Waals surface area contributed by atoms with Crippen LogP contribution in [0, 0.1) is 4.91 Å². The summed E-state index contributed by atoms with van der Waals surface area (Å²) in [5.74, 6) is -20.2. The molecule has 2 rings (SSSR count). The summed E-state index contributed by atoms with van der Waals surface area (Å²) in [6.45, 7) is 0. The van der Waals surface area contributed by atoms with E-state index in [-0.39, 0.29) is 5.56 Å². The first-order chi connectivity index (χ1) is 11.8. The highest BCUT2D eigenvalue weighted by atomic mass is 19.4. The van der Waals surface area contributed by atoms with E-state index < -0.39 is 41.0 Å². The maximum absolute atomic E-state index is 13.9. The van der Waals surface area contributed by atoms with E-state index in [0.29, 0.717) is 0 Å². The lowest BCUT2D eigenvalue weighted by Crippen LogP contribution is -2.59. The van der Waals surface area contributed by atoms with Gasteiger partial charge in [0, 0.05) is 5.56 Å². The molecule has 26 heavy (non-hydrogen) atoms. The van der Waals surface area contributed by atoms with Gasteiger partial charge in [0.15, 0.2) is 5.69 Å². The molecule has 0 fully saturated rings. The largest absolute Gasteiger partial charge is 0.460 e. The van der Waals surface area contributed by atoms with Gasteiger partial charge in [-0.15, -0.1) is 4.91 Å². The molecule has 0 aliphatic heterocycles. The normalized spacial score (nSPS) is 13.7. The number of aromatic nitrogens is 2. The molecule has 0 bridgehead atoms. The molecule has 0 spiro atoms.